The van der Waals surface area contributed by atoms with Crippen LogP contribution >= 0.6 is 0 Å². The molecule has 1 unspecified atom stereocenters. The first kappa shape index (κ1) is 11.1. The lowest BCUT2D eigenvalue weighted by atomic mass is 10.3. The van der Waals surface area contributed by atoms with Gasteiger partial charge in [0, 0.05) is 18.9 Å². The maximum atomic E-state index is 5.44. The van der Waals surface area contributed by atoms with Crippen molar-refractivity contribution >= 4 is 5.95 Å². The van der Waals surface area contributed by atoms with E-state index >= 15 is 0 Å². The highest BCUT2D eigenvalue weighted by Crippen LogP contribution is 2.12. The summed E-state index contributed by atoms with van der Waals surface area (Å²) < 4.78 is 10.7. The molecule has 2 rings (SSSR count). The number of rotatable bonds is 5. The Hall–Kier alpha value is -1.36. The molecule has 88 valence electrons. The van der Waals surface area contributed by atoms with Crippen LogP contribution in [-0.4, -0.2) is 35.8 Å². The molecule has 0 aliphatic carbocycles. The molecule has 0 bridgehead atoms. The zero-order valence-electron chi connectivity index (χ0n) is 9.48. The van der Waals surface area contributed by atoms with Gasteiger partial charge < -0.3 is 14.8 Å². The monoisotopic (exact) mass is 223 g/mol. The second-order valence-corrected chi connectivity index (χ2v) is 3.77. The predicted octanol–water partition coefficient (Wildman–Crippen LogP) is 1.47. The highest BCUT2D eigenvalue weighted by atomic mass is 16.5. The molecule has 5 heteroatoms. The lowest BCUT2D eigenvalue weighted by Crippen LogP contribution is -2.20. The first-order valence-electron chi connectivity index (χ1n) is 5.68. The van der Waals surface area contributed by atoms with E-state index in [-0.39, 0.29) is 0 Å². The summed E-state index contributed by atoms with van der Waals surface area (Å²) in [5.41, 5.74) is 0. The minimum absolute atomic E-state index is 0.321. The maximum absolute atomic E-state index is 5.44. The number of nitrogens with zero attached hydrogens (tertiary/aromatic N) is 2. The number of hydrogen-bond acceptors (Lipinski definition) is 5. The van der Waals surface area contributed by atoms with E-state index in [0.717, 1.165) is 26.1 Å². The van der Waals surface area contributed by atoms with E-state index in [1.807, 2.05) is 0 Å². The van der Waals surface area contributed by atoms with Crippen LogP contribution in [0.5, 0.6) is 5.88 Å². The van der Waals surface area contributed by atoms with Crippen molar-refractivity contribution < 1.29 is 9.47 Å². The summed E-state index contributed by atoms with van der Waals surface area (Å²) in [6.45, 7) is 4.28. The fourth-order valence-corrected chi connectivity index (χ4v) is 1.53. The zero-order valence-corrected chi connectivity index (χ0v) is 9.48. The third kappa shape index (κ3) is 3.06. The van der Waals surface area contributed by atoms with Gasteiger partial charge in [-0.2, -0.15) is 4.98 Å². The first-order valence-corrected chi connectivity index (χ1v) is 5.68. The number of ether oxygens (including phenoxy) is 2. The van der Waals surface area contributed by atoms with Crippen LogP contribution < -0.4 is 10.1 Å². The second kappa shape index (κ2) is 5.65. The van der Waals surface area contributed by atoms with Gasteiger partial charge in [0.05, 0.1) is 19.3 Å². The molecular weight excluding hydrogens is 206 g/mol. The van der Waals surface area contributed by atoms with Gasteiger partial charge in [-0.3, -0.25) is 0 Å². The van der Waals surface area contributed by atoms with E-state index in [0.29, 0.717) is 24.5 Å². The summed E-state index contributed by atoms with van der Waals surface area (Å²) in [6.07, 6.45) is 3.68. The Morgan fingerprint density at radius 1 is 1.62 bits per heavy atom. The van der Waals surface area contributed by atoms with E-state index in [1.165, 1.54) is 0 Å². The summed E-state index contributed by atoms with van der Waals surface area (Å²) in [6, 6.07) is 2.09. The lowest BCUT2D eigenvalue weighted by Gasteiger charge is -2.11. The molecule has 0 aromatic carbocycles. The molecule has 1 atom stereocenters. The predicted molar refractivity (Wildman–Crippen MR) is 60.7 cm³/mol. The van der Waals surface area contributed by atoms with Gasteiger partial charge in [0.25, 0.3) is 0 Å². The van der Waals surface area contributed by atoms with Crippen LogP contribution in [0.1, 0.15) is 19.8 Å². The van der Waals surface area contributed by atoms with Crippen LogP contribution in [0.25, 0.3) is 0 Å². The van der Waals surface area contributed by atoms with Crippen molar-refractivity contribution in [1.82, 2.24) is 9.97 Å². The van der Waals surface area contributed by atoms with Gasteiger partial charge in [0.2, 0.25) is 11.8 Å². The molecule has 16 heavy (non-hydrogen) atoms. The third-order valence-electron chi connectivity index (χ3n) is 2.35. The highest BCUT2D eigenvalue weighted by Gasteiger charge is 2.16. The van der Waals surface area contributed by atoms with Crippen LogP contribution in [0.15, 0.2) is 12.3 Å². The summed E-state index contributed by atoms with van der Waals surface area (Å²) >= 11 is 0. The Labute approximate surface area is 95.2 Å². The molecule has 1 fully saturated rings. The van der Waals surface area contributed by atoms with Gasteiger partial charge in [-0.25, -0.2) is 4.98 Å². The molecule has 1 aromatic rings. The van der Waals surface area contributed by atoms with Crippen molar-refractivity contribution in [2.24, 2.45) is 0 Å². The molecule has 5 nitrogen and oxygen atoms in total. The third-order valence-corrected chi connectivity index (χ3v) is 2.35. The Balaban J connectivity index is 1.92. The van der Waals surface area contributed by atoms with E-state index < -0.39 is 0 Å². The molecule has 1 aliphatic heterocycles. The molecule has 0 spiro atoms. The number of aromatic nitrogens is 2. The van der Waals surface area contributed by atoms with Gasteiger partial charge >= 0.3 is 0 Å². The topological polar surface area (TPSA) is 56.3 Å². The average molecular weight is 223 g/mol. The largest absolute Gasteiger partial charge is 0.478 e. The van der Waals surface area contributed by atoms with Crippen LogP contribution in [0.2, 0.25) is 0 Å². The summed E-state index contributed by atoms with van der Waals surface area (Å²) in [5, 5.41) is 3.23. The van der Waals surface area contributed by atoms with E-state index in [4.69, 9.17) is 9.47 Å². The van der Waals surface area contributed by atoms with Crippen molar-refractivity contribution in [1.29, 1.82) is 0 Å². The molecule has 1 N–H and O–H groups in total. The first-order chi connectivity index (χ1) is 7.88. The lowest BCUT2D eigenvalue weighted by molar-refractivity contribution is 0.195. The Morgan fingerprint density at radius 2 is 2.56 bits per heavy atom. The van der Waals surface area contributed by atoms with Crippen molar-refractivity contribution in [3.63, 3.8) is 0 Å². The smallest absolute Gasteiger partial charge is 0.226 e. The summed E-state index contributed by atoms with van der Waals surface area (Å²) in [4.78, 5) is 8.43. The van der Waals surface area contributed by atoms with Crippen LogP contribution in [0.4, 0.5) is 5.95 Å². The number of hydrogen-bond donors (Lipinski definition) is 1. The molecule has 0 radical (unpaired) electrons. The SMILES string of the molecule is CCCOc1ccnc(NC2CCOC2)n1. The molecule has 0 saturated carbocycles. The van der Waals surface area contributed by atoms with Crippen molar-refractivity contribution in [2.45, 2.75) is 25.8 Å². The van der Waals surface area contributed by atoms with Gasteiger partial charge in [0.15, 0.2) is 0 Å². The fourth-order valence-electron chi connectivity index (χ4n) is 1.53. The highest BCUT2D eigenvalue weighted by molar-refractivity contribution is 5.29. The van der Waals surface area contributed by atoms with E-state index in [2.05, 4.69) is 22.2 Å². The van der Waals surface area contributed by atoms with E-state index in [1.54, 1.807) is 12.3 Å². The van der Waals surface area contributed by atoms with Crippen LogP contribution in [0, 0.1) is 0 Å². The number of nitrogens with one attached hydrogen (secondary N) is 1. The fraction of sp³-hybridized carbons (Fsp3) is 0.636. The van der Waals surface area contributed by atoms with E-state index in [9.17, 15) is 0 Å². The molecule has 1 aliphatic rings. The zero-order chi connectivity index (χ0) is 11.2. The summed E-state index contributed by atoms with van der Waals surface area (Å²) in [5.74, 6) is 1.24. The molecule has 1 aromatic heterocycles. The van der Waals surface area contributed by atoms with Crippen molar-refractivity contribution in [3.05, 3.63) is 12.3 Å². The molecule has 2 heterocycles. The Kier molecular flexibility index (Phi) is 3.93. The van der Waals surface area contributed by atoms with Gasteiger partial charge in [0.1, 0.15) is 0 Å². The minimum atomic E-state index is 0.321. The number of anilines is 1. The Morgan fingerprint density at radius 3 is 3.31 bits per heavy atom. The standard InChI is InChI=1S/C11H17N3O2/c1-2-6-16-10-3-5-12-11(14-10)13-9-4-7-15-8-9/h3,5,9H,2,4,6-8H2,1H3,(H,12,13,14). The minimum Gasteiger partial charge on any atom is -0.478 e. The molecular formula is C11H17N3O2. The molecule has 1 saturated heterocycles. The molecule has 0 amide bonds. The van der Waals surface area contributed by atoms with Crippen LogP contribution in [0.3, 0.4) is 0 Å². The van der Waals surface area contributed by atoms with Gasteiger partial charge in [-0.05, 0) is 12.8 Å². The maximum Gasteiger partial charge on any atom is 0.226 e. The summed E-state index contributed by atoms with van der Waals surface area (Å²) in [7, 11) is 0. The van der Waals surface area contributed by atoms with Gasteiger partial charge in [-0.15, -0.1) is 0 Å². The van der Waals surface area contributed by atoms with Crippen molar-refractivity contribution in [2.75, 3.05) is 25.1 Å². The van der Waals surface area contributed by atoms with Crippen LogP contribution in [-0.2, 0) is 4.74 Å². The average Bonchev–Trinajstić information content (AvgIpc) is 2.80. The normalized spacial score (nSPS) is 19.7. The quantitative estimate of drug-likeness (QED) is 0.819. The van der Waals surface area contributed by atoms with Crippen molar-refractivity contribution in [3.8, 4) is 5.88 Å². The van der Waals surface area contributed by atoms with Gasteiger partial charge in [-0.1, -0.05) is 6.92 Å². The Bertz CT molecular complexity index is 327. The second-order valence-electron chi connectivity index (χ2n) is 3.77.